The molecule has 208 valence electrons. The first-order chi connectivity index (χ1) is 18.3. The number of hydrogen-bond acceptors (Lipinski definition) is 7. The number of benzene rings is 2. The molecular weight excluding hydrogens is 516 g/mol. The summed E-state index contributed by atoms with van der Waals surface area (Å²) >= 11 is 0. The summed E-state index contributed by atoms with van der Waals surface area (Å²) in [5.41, 5.74) is 2.34. The van der Waals surface area contributed by atoms with Gasteiger partial charge in [0.05, 0.1) is 29.3 Å². The molecular formula is C26H30F4N8O. The normalized spacial score (nSPS) is 12.7. The third-order valence-corrected chi connectivity index (χ3v) is 6.35. The van der Waals surface area contributed by atoms with Crippen molar-refractivity contribution < 1.29 is 22.7 Å². The van der Waals surface area contributed by atoms with Crippen LogP contribution in [0.1, 0.15) is 28.6 Å². The highest BCUT2D eigenvalue weighted by Crippen LogP contribution is 2.37. The van der Waals surface area contributed by atoms with Crippen LogP contribution >= 0.6 is 0 Å². The maximum absolute atomic E-state index is 14.7. The van der Waals surface area contributed by atoms with E-state index in [2.05, 4.69) is 26.0 Å². The van der Waals surface area contributed by atoms with E-state index < -0.39 is 23.8 Å². The molecule has 2 aromatic heterocycles. The molecule has 0 aliphatic rings. The van der Waals surface area contributed by atoms with Crippen molar-refractivity contribution in [1.82, 2.24) is 29.7 Å². The molecule has 9 nitrogen and oxygen atoms in total. The molecule has 4 rings (SSSR count). The first kappa shape index (κ1) is 28.0. The van der Waals surface area contributed by atoms with Crippen LogP contribution in [0, 0.1) is 19.7 Å². The van der Waals surface area contributed by atoms with E-state index in [1.165, 1.54) is 6.07 Å². The second kappa shape index (κ2) is 11.0. The Bertz CT molecular complexity index is 1460. The van der Waals surface area contributed by atoms with Crippen molar-refractivity contribution in [2.24, 2.45) is 7.05 Å². The van der Waals surface area contributed by atoms with Gasteiger partial charge in [0.15, 0.2) is 12.0 Å². The Labute approximate surface area is 223 Å². The highest BCUT2D eigenvalue weighted by molar-refractivity contribution is 5.62. The van der Waals surface area contributed by atoms with Gasteiger partial charge in [-0.15, -0.1) is 5.10 Å². The van der Waals surface area contributed by atoms with Gasteiger partial charge in [-0.25, -0.2) is 9.07 Å². The summed E-state index contributed by atoms with van der Waals surface area (Å²) in [7, 11) is 5.41. The number of alkyl halides is 3. The first-order valence-electron chi connectivity index (χ1n) is 12.1. The number of aryl methyl sites for hydroxylation is 2. The number of halogens is 4. The van der Waals surface area contributed by atoms with E-state index in [9.17, 15) is 22.7 Å². The Hall–Kier alpha value is -3.97. The van der Waals surface area contributed by atoms with Crippen molar-refractivity contribution in [3.05, 3.63) is 70.9 Å². The molecule has 0 aliphatic heterocycles. The number of rotatable bonds is 9. The highest BCUT2D eigenvalue weighted by Gasteiger charge is 2.36. The largest absolute Gasteiger partial charge is 0.419 e. The van der Waals surface area contributed by atoms with E-state index in [1.54, 1.807) is 59.0 Å². The van der Waals surface area contributed by atoms with E-state index in [1.807, 2.05) is 20.9 Å². The summed E-state index contributed by atoms with van der Waals surface area (Å²) in [6.45, 7) is 4.48. The summed E-state index contributed by atoms with van der Waals surface area (Å²) < 4.78 is 58.7. The molecule has 2 heterocycles. The molecule has 0 saturated carbocycles. The van der Waals surface area contributed by atoms with Crippen LogP contribution in [0.4, 0.5) is 28.9 Å². The second-order valence-corrected chi connectivity index (χ2v) is 9.52. The van der Waals surface area contributed by atoms with E-state index >= 15 is 0 Å². The van der Waals surface area contributed by atoms with Crippen LogP contribution in [0.25, 0.3) is 16.9 Å². The quantitative estimate of drug-likeness (QED) is 0.210. The molecule has 0 radical (unpaired) electrons. The maximum Gasteiger partial charge on any atom is 0.419 e. The maximum atomic E-state index is 14.7. The molecule has 0 bridgehead atoms. The molecule has 1 unspecified atom stereocenters. The molecule has 0 fully saturated rings. The molecule has 2 aromatic carbocycles. The van der Waals surface area contributed by atoms with Crippen LogP contribution < -0.4 is 10.6 Å². The van der Waals surface area contributed by atoms with Gasteiger partial charge in [-0.05, 0) is 57.8 Å². The fraction of sp³-hybridized carbons (Fsp3) is 0.346. The molecule has 3 N–H and O–H groups in total. The van der Waals surface area contributed by atoms with Gasteiger partial charge in [0, 0.05) is 42.6 Å². The molecule has 0 aliphatic carbocycles. The summed E-state index contributed by atoms with van der Waals surface area (Å²) in [4.78, 5) is 1.81. The minimum atomic E-state index is -4.94. The van der Waals surface area contributed by atoms with Gasteiger partial charge in [0.2, 0.25) is 0 Å². The van der Waals surface area contributed by atoms with Crippen LogP contribution in [-0.2, 0) is 13.2 Å². The van der Waals surface area contributed by atoms with E-state index in [4.69, 9.17) is 0 Å². The molecule has 39 heavy (non-hydrogen) atoms. The molecule has 0 amide bonds. The number of hydrogen-bond donors (Lipinski definition) is 3. The van der Waals surface area contributed by atoms with Gasteiger partial charge in [0.25, 0.3) is 0 Å². The average Bonchev–Trinajstić information content (AvgIpc) is 3.47. The zero-order chi connectivity index (χ0) is 28.5. The van der Waals surface area contributed by atoms with Crippen molar-refractivity contribution in [2.45, 2.75) is 26.3 Å². The van der Waals surface area contributed by atoms with Gasteiger partial charge in [-0.1, -0.05) is 11.3 Å². The van der Waals surface area contributed by atoms with Crippen LogP contribution in [0.5, 0.6) is 0 Å². The Morgan fingerprint density at radius 3 is 2.51 bits per heavy atom. The molecule has 1 atom stereocenters. The predicted molar refractivity (Wildman–Crippen MR) is 140 cm³/mol. The van der Waals surface area contributed by atoms with Gasteiger partial charge < -0.3 is 20.6 Å². The van der Waals surface area contributed by atoms with Crippen LogP contribution in [0.3, 0.4) is 0 Å². The molecule has 0 saturated heterocycles. The Morgan fingerprint density at radius 2 is 1.87 bits per heavy atom. The smallest absolute Gasteiger partial charge is 0.381 e. The third kappa shape index (κ3) is 6.20. The summed E-state index contributed by atoms with van der Waals surface area (Å²) in [5.74, 6) is -1.42. The predicted octanol–water partition coefficient (Wildman–Crippen LogP) is 4.52. The van der Waals surface area contributed by atoms with Crippen molar-refractivity contribution in [3.8, 4) is 16.9 Å². The highest BCUT2D eigenvalue weighted by atomic mass is 19.4. The molecule has 4 aromatic rings. The zero-order valence-corrected chi connectivity index (χ0v) is 22.2. The topological polar surface area (TPSA) is 96.1 Å². The van der Waals surface area contributed by atoms with E-state index in [0.29, 0.717) is 29.7 Å². The SMILES string of the molecule is Cc1ccc(NC(O)c2cc(NCCN(C)C)c(F)c(C(F)(F)F)c2)cc1-n1cc(-c2cnn(C)c2C)nn1. The number of aliphatic hydroxyl groups excluding tert-OH is 1. The number of nitrogens with one attached hydrogen (secondary N) is 2. The fourth-order valence-corrected chi connectivity index (χ4v) is 4.00. The average molecular weight is 547 g/mol. The van der Waals surface area contributed by atoms with Crippen molar-refractivity contribution in [1.29, 1.82) is 0 Å². The lowest BCUT2D eigenvalue weighted by Gasteiger charge is -2.20. The minimum Gasteiger partial charge on any atom is -0.381 e. The van der Waals surface area contributed by atoms with Gasteiger partial charge >= 0.3 is 6.18 Å². The number of aromatic nitrogens is 5. The summed E-state index contributed by atoms with van der Waals surface area (Å²) in [6.07, 6.45) is -3.05. The van der Waals surface area contributed by atoms with Crippen LogP contribution in [0.2, 0.25) is 0 Å². The molecule has 13 heteroatoms. The number of likely N-dealkylation sites (N-methyl/N-ethyl adjacent to an activating group) is 1. The lowest BCUT2D eigenvalue weighted by Crippen LogP contribution is -2.22. The molecule has 0 spiro atoms. The Kier molecular flexibility index (Phi) is 7.93. The van der Waals surface area contributed by atoms with Gasteiger partial charge in [-0.3, -0.25) is 4.68 Å². The summed E-state index contributed by atoms with van der Waals surface area (Å²) in [5, 5.41) is 29.0. The Balaban J connectivity index is 1.61. The number of nitrogens with zero attached hydrogens (tertiary/aromatic N) is 6. The van der Waals surface area contributed by atoms with Crippen molar-refractivity contribution >= 4 is 11.4 Å². The van der Waals surface area contributed by atoms with Crippen molar-refractivity contribution in [3.63, 3.8) is 0 Å². The van der Waals surface area contributed by atoms with E-state index in [-0.39, 0.29) is 17.8 Å². The first-order valence-corrected chi connectivity index (χ1v) is 12.1. The zero-order valence-electron chi connectivity index (χ0n) is 22.2. The van der Waals surface area contributed by atoms with Crippen LogP contribution in [-0.4, -0.2) is 62.0 Å². The monoisotopic (exact) mass is 546 g/mol. The number of anilines is 2. The second-order valence-electron chi connectivity index (χ2n) is 9.52. The Morgan fingerprint density at radius 1 is 1.13 bits per heavy atom. The van der Waals surface area contributed by atoms with Gasteiger partial charge in [0.1, 0.15) is 5.69 Å². The lowest BCUT2D eigenvalue weighted by atomic mass is 10.1. The number of aliphatic hydroxyl groups is 1. The summed E-state index contributed by atoms with van der Waals surface area (Å²) in [6, 6.07) is 6.93. The lowest BCUT2D eigenvalue weighted by molar-refractivity contribution is -0.140. The van der Waals surface area contributed by atoms with Crippen LogP contribution in [0.15, 0.2) is 42.7 Å². The van der Waals surface area contributed by atoms with E-state index in [0.717, 1.165) is 16.8 Å². The fourth-order valence-electron chi connectivity index (χ4n) is 4.00. The van der Waals surface area contributed by atoms with Crippen molar-refractivity contribution in [2.75, 3.05) is 37.8 Å². The third-order valence-electron chi connectivity index (χ3n) is 6.35. The standard InChI is InChI=1S/C26H30F4N8O/c1-15-6-7-18(12-23(15)38-14-22(34-35-38)19-13-32-37(5)16(19)2)33-25(39)17-10-20(26(28,29)30)24(27)21(11-17)31-8-9-36(3)4/h6-7,10-14,25,31,33,39H,8-9H2,1-5H3. The minimum absolute atomic E-state index is 0.145. The van der Waals surface area contributed by atoms with Gasteiger partial charge in [-0.2, -0.15) is 18.3 Å².